The lowest BCUT2D eigenvalue weighted by Crippen LogP contribution is -2.42. The second kappa shape index (κ2) is 2.90. The van der Waals surface area contributed by atoms with Gasteiger partial charge in [0.2, 0.25) is 5.91 Å². The summed E-state index contributed by atoms with van der Waals surface area (Å²) in [6, 6.07) is -1.84. The SMILES string of the molecule is O=C1CC(C(F)(F)F)C(C(=O)O)N1. The molecule has 1 fully saturated rings. The van der Waals surface area contributed by atoms with Gasteiger partial charge in [0.05, 0.1) is 5.92 Å². The van der Waals surface area contributed by atoms with Crippen molar-refractivity contribution >= 4 is 11.9 Å². The van der Waals surface area contributed by atoms with Gasteiger partial charge in [-0.1, -0.05) is 0 Å². The van der Waals surface area contributed by atoms with Gasteiger partial charge in [-0.3, -0.25) is 4.79 Å². The Labute approximate surface area is 70.7 Å². The number of halogens is 3. The number of aliphatic carboxylic acids is 1. The first-order chi connectivity index (χ1) is 5.82. The first-order valence-corrected chi connectivity index (χ1v) is 3.41. The van der Waals surface area contributed by atoms with E-state index >= 15 is 0 Å². The molecule has 0 bridgehead atoms. The van der Waals surface area contributed by atoms with Crippen molar-refractivity contribution in [2.75, 3.05) is 0 Å². The van der Waals surface area contributed by atoms with E-state index in [1.165, 1.54) is 0 Å². The highest BCUT2D eigenvalue weighted by molar-refractivity contribution is 5.88. The van der Waals surface area contributed by atoms with Crippen LogP contribution in [0.3, 0.4) is 0 Å². The maximum absolute atomic E-state index is 12.1. The third-order valence-corrected chi connectivity index (χ3v) is 1.81. The Hall–Kier alpha value is -1.27. The molecule has 0 radical (unpaired) electrons. The molecule has 1 aliphatic heterocycles. The molecule has 2 unspecified atom stereocenters. The molecule has 0 aromatic carbocycles. The number of nitrogens with one attached hydrogen (secondary N) is 1. The monoisotopic (exact) mass is 197 g/mol. The quantitative estimate of drug-likeness (QED) is 0.628. The molecule has 0 aromatic heterocycles. The van der Waals surface area contributed by atoms with Crippen molar-refractivity contribution in [2.45, 2.75) is 18.6 Å². The number of alkyl halides is 3. The van der Waals surface area contributed by atoms with Crippen molar-refractivity contribution in [1.82, 2.24) is 5.32 Å². The zero-order chi connectivity index (χ0) is 10.2. The van der Waals surface area contributed by atoms with E-state index in [4.69, 9.17) is 5.11 Å². The number of carboxylic acids is 1. The number of carbonyl (C=O) groups excluding carboxylic acids is 1. The first kappa shape index (κ1) is 9.82. The second-order valence-electron chi connectivity index (χ2n) is 2.74. The molecular formula is C6H6F3NO3. The molecule has 1 rings (SSSR count). The molecule has 2 atom stereocenters. The summed E-state index contributed by atoms with van der Waals surface area (Å²) in [6.45, 7) is 0. The minimum Gasteiger partial charge on any atom is -0.480 e. The number of hydrogen-bond acceptors (Lipinski definition) is 2. The molecular weight excluding hydrogens is 191 g/mol. The molecule has 0 aliphatic carbocycles. The van der Waals surface area contributed by atoms with Gasteiger partial charge in [0, 0.05) is 6.42 Å². The Balaban J connectivity index is 2.84. The molecule has 0 saturated carbocycles. The number of carboxylic acid groups (broad SMARTS) is 1. The van der Waals surface area contributed by atoms with Gasteiger partial charge in [0.25, 0.3) is 0 Å². The van der Waals surface area contributed by atoms with Crippen LogP contribution in [0.1, 0.15) is 6.42 Å². The van der Waals surface area contributed by atoms with Crippen LogP contribution in [0, 0.1) is 5.92 Å². The van der Waals surface area contributed by atoms with Crippen molar-refractivity contribution in [3.63, 3.8) is 0 Å². The predicted molar refractivity (Wildman–Crippen MR) is 33.7 cm³/mol. The molecule has 4 nitrogen and oxygen atoms in total. The topological polar surface area (TPSA) is 66.4 Å². The largest absolute Gasteiger partial charge is 0.480 e. The van der Waals surface area contributed by atoms with Crippen LogP contribution in [-0.2, 0) is 9.59 Å². The van der Waals surface area contributed by atoms with Gasteiger partial charge < -0.3 is 10.4 Å². The zero-order valence-electron chi connectivity index (χ0n) is 6.26. The maximum atomic E-state index is 12.1. The smallest absolute Gasteiger partial charge is 0.394 e. The molecule has 2 N–H and O–H groups in total. The standard InChI is InChI=1S/C6H6F3NO3/c7-6(8,9)2-1-3(11)10-4(2)5(12)13/h2,4H,1H2,(H,10,11)(H,12,13). The van der Waals surface area contributed by atoms with Crippen LogP contribution in [0.5, 0.6) is 0 Å². The minimum atomic E-state index is -4.65. The molecule has 13 heavy (non-hydrogen) atoms. The van der Waals surface area contributed by atoms with Crippen LogP contribution in [0.4, 0.5) is 13.2 Å². The van der Waals surface area contributed by atoms with E-state index in [2.05, 4.69) is 0 Å². The van der Waals surface area contributed by atoms with Crippen molar-refractivity contribution in [3.8, 4) is 0 Å². The van der Waals surface area contributed by atoms with Gasteiger partial charge in [-0.2, -0.15) is 13.2 Å². The third-order valence-electron chi connectivity index (χ3n) is 1.81. The van der Waals surface area contributed by atoms with Gasteiger partial charge in [-0.25, -0.2) is 4.79 Å². The highest BCUT2D eigenvalue weighted by atomic mass is 19.4. The van der Waals surface area contributed by atoms with Crippen LogP contribution in [0.25, 0.3) is 0 Å². The number of amides is 1. The van der Waals surface area contributed by atoms with E-state index in [0.29, 0.717) is 0 Å². The fraction of sp³-hybridized carbons (Fsp3) is 0.667. The lowest BCUT2D eigenvalue weighted by Gasteiger charge is -2.17. The third kappa shape index (κ3) is 1.90. The van der Waals surface area contributed by atoms with E-state index in [-0.39, 0.29) is 0 Å². The van der Waals surface area contributed by atoms with E-state index in [1.54, 1.807) is 5.32 Å². The molecule has 1 heterocycles. The molecule has 7 heteroatoms. The Kier molecular flexibility index (Phi) is 2.19. The average Bonchev–Trinajstić information content (AvgIpc) is 2.29. The van der Waals surface area contributed by atoms with Gasteiger partial charge >= 0.3 is 12.1 Å². The van der Waals surface area contributed by atoms with Crippen LogP contribution in [0.2, 0.25) is 0 Å². The van der Waals surface area contributed by atoms with Crippen LogP contribution in [0.15, 0.2) is 0 Å². The predicted octanol–water partition coefficient (Wildman–Crippen LogP) is 0.138. The lowest BCUT2D eigenvalue weighted by molar-refractivity contribution is -0.184. The van der Waals surface area contributed by atoms with Gasteiger partial charge in [0.1, 0.15) is 6.04 Å². The molecule has 1 amide bonds. The van der Waals surface area contributed by atoms with Crippen molar-refractivity contribution in [3.05, 3.63) is 0 Å². The summed E-state index contributed by atoms with van der Waals surface area (Å²) < 4.78 is 36.3. The average molecular weight is 197 g/mol. The minimum absolute atomic E-state index is 0.805. The van der Waals surface area contributed by atoms with Crippen molar-refractivity contribution in [2.24, 2.45) is 5.92 Å². The summed E-state index contributed by atoms with van der Waals surface area (Å²) in [4.78, 5) is 20.8. The Bertz CT molecular complexity index is 250. The van der Waals surface area contributed by atoms with Gasteiger partial charge in [-0.05, 0) is 0 Å². The Morgan fingerprint density at radius 1 is 1.54 bits per heavy atom. The first-order valence-electron chi connectivity index (χ1n) is 3.41. The summed E-state index contributed by atoms with van der Waals surface area (Å²) in [5.74, 6) is -4.65. The highest BCUT2D eigenvalue weighted by Crippen LogP contribution is 2.34. The van der Waals surface area contributed by atoms with E-state index in [9.17, 15) is 22.8 Å². The van der Waals surface area contributed by atoms with E-state index < -0.39 is 36.4 Å². The van der Waals surface area contributed by atoms with E-state index in [0.717, 1.165) is 0 Å². The fourth-order valence-electron chi connectivity index (χ4n) is 1.19. The van der Waals surface area contributed by atoms with Crippen molar-refractivity contribution in [1.29, 1.82) is 0 Å². The molecule has 0 spiro atoms. The molecule has 0 aromatic rings. The maximum Gasteiger partial charge on any atom is 0.394 e. The summed E-state index contributed by atoms with van der Waals surface area (Å²) in [7, 11) is 0. The number of rotatable bonds is 1. The number of carbonyl (C=O) groups is 2. The van der Waals surface area contributed by atoms with Gasteiger partial charge in [-0.15, -0.1) is 0 Å². The van der Waals surface area contributed by atoms with Gasteiger partial charge in [0.15, 0.2) is 0 Å². The highest BCUT2D eigenvalue weighted by Gasteiger charge is 2.52. The lowest BCUT2D eigenvalue weighted by atomic mass is 10.0. The van der Waals surface area contributed by atoms with Crippen LogP contribution in [-0.4, -0.2) is 29.2 Å². The Morgan fingerprint density at radius 2 is 2.08 bits per heavy atom. The summed E-state index contributed by atoms with van der Waals surface area (Å²) in [6.07, 6.45) is -5.46. The molecule has 74 valence electrons. The van der Waals surface area contributed by atoms with Crippen LogP contribution >= 0.6 is 0 Å². The van der Waals surface area contributed by atoms with E-state index in [1.807, 2.05) is 0 Å². The molecule has 1 saturated heterocycles. The summed E-state index contributed by atoms with van der Waals surface area (Å²) in [5.41, 5.74) is 0. The normalized spacial score (nSPS) is 28.7. The molecule has 1 aliphatic rings. The fourth-order valence-corrected chi connectivity index (χ4v) is 1.19. The van der Waals surface area contributed by atoms with Crippen LogP contribution < -0.4 is 5.32 Å². The zero-order valence-corrected chi connectivity index (χ0v) is 6.26. The van der Waals surface area contributed by atoms with Crippen molar-refractivity contribution < 1.29 is 27.9 Å². The summed E-state index contributed by atoms with van der Waals surface area (Å²) >= 11 is 0. The number of hydrogen-bond donors (Lipinski definition) is 2. The Morgan fingerprint density at radius 3 is 2.38 bits per heavy atom. The summed E-state index contributed by atoms with van der Waals surface area (Å²) in [5, 5.41) is 10.1. The second-order valence-corrected chi connectivity index (χ2v) is 2.74.